The van der Waals surface area contributed by atoms with Crippen molar-refractivity contribution in [3.8, 4) is 0 Å². The fourth-order valence-corrected chi connectivity index (χ4v) is 3.46. The molecule has 0 aliphatic carbocycles. The van der Waals surface area contributed by atoms with E-state index in [9.17, 15) is 4.79 Å². The minimum absolute atomic E-state index is 0.0220. The van der Waals surface area contributed by atoms with E-state index in [2.05, 4.69) is 18.8 Å². The summed E-state index contributed by atoms with van der Waals surface area (Å²) in [5, 5.41) is 1.53. The molecule has 0 amide bonds. The van der Waals surface area contributed by atoms with Gasteiger partial charge in [-0.1, -0.05) is 32.4 Å². The number of hydrogen-bond donors (Lipinski definition) is 0. The van der Waals surface area contributed by atoms with E-state index in [-0.39, 0.29) is 17.8 Å². The second-order valence-electron chi connectivity index (χ2n) is 6.76. The van der Waals surface area contributed by atoms with Crippen LogP contribution >= 0.6 is 11.6 Å². The van der Waals surface area contributed by atoms with Gasteiger partial charge in [0.15, 0.2) is 5.78 Å². The molecule has 0 saturated carbocycles. The minimum Gasteiger partial charge on any atom is -0.381 e. The number of aryl methyl sites for hydroxylation is 2. The van der Waals surface area contributed by atoms with Crippen LogP contribution in [0.15, 0.2) is 18.2 Å². The number of fused-ring (bicyclic) bond motifs is 1. The number of nitrogens with zero attached hydrogens (tertiary/aromatic N) is 1. The van der Waals surface area contributed by atoms with Gasteiger partial charge in [0, 0.05) is 24.0 Å². The van der Waals surface area contributed by atoms with Crippen molar-refractivity contribution in [1.29, 1.82) is 0 Å². The number of aromatic nitrogens is 1. The van der Waals surface area contributed by atoms with Crippen LogP contribution in [-0.4, -0.2) is 24.0 Å². The van der Waals surface area contributed by atoms with Crippen LogP contribution in [0.5, 0.6) is 0 Å². The van der Waals surface area contributed by atoms with E-state index < -0.39 is 0 Å². The Morgan fingerprint density at radius 1 is 1.24 bits per heavy atom. The highest BCUT2D eigenvalue weighted by Crippen LogP contribution is 2.26. The summed E-state index contributed by atoms with van der Waals surface area (Å²) in [5.41, 5.74) is 3.59. The second-order valence-corrected chi connectivity index (χ2v) is 7.12. The maximum atomic E-state index is 12.9. The fraction of sp³-hybridized carbons (Fsp3) is 0.524. The molecule has 0 bridgehead atoms. The first-order valence-corrected chi connectivity index (χ1v) is 9.45. The third-order valence-corrected chi connectivity index (χ3v) is 5.32. The molecule has 0 N–H and O–H groups in total. The molecule has 2 rings (SSSR count). The van der Waals surface area contributed by atoms with E-state index in [0.717, 1.165) is 53.3 Å². The zero-order valence-corrected chi connectivity index (χ0v) is 16.6. The molecule has 2 aromatic rings. The van der Waals surface area contributed by atoms with E-state index in [1.165, 1.54) is 0 Å². The van der Waals surface area contributed by atoms with Gasteiger partial charge in [-0.15, -0.1) is 0 Å². The lowest BCUT2D eigenvalue weighted by Crippen LogP contribution is -2.17. The van der Waals surface area contributed by atoms with Gasteiger partial charge in [-0.2, -0.15) is 0 Å². The van der Waals surface area contributed by atoms with Crippen LogP contribution in [-0.2, 0) is 11.2 Å². The van der Waals surface area contributed by atoms with Crippen LogP contribution in [0, 0.1) is 12.8 Å². The lowest BCUT2D eigenvalue weighted by atomic mass is 9.90. The Kier molecular flexibility index (Phi) is 6.97. The van der Waals surface area contributed by atoms with Crippen LogP contribution in [0.1, 0.15) is 61.5 Å². The predicted molar refractivity (Wildman–Crippen MR) is 105 cm³/mol. The fourth-order valence-electron chi connectivity index (χ4n) is 3.18. The molecule has 0 radical (unpaired) electrons. The molecule has 4 heteroatoms. The molecule has 1 aromatic carbocycles. The summed E-state index contributed by atoms with van der Waals surface area (Å²) in [6.07, 6.45) is 3.76. The summed E-state index contributed by atoms with van der Waals surface area (Å²) in [6.45, 7) is 8.13. The third kappa shape index (κ3) is 4.59. The Bertz CT molecular complexity index is 753. The number of carbonyl (C=O) groups excluding carboxylic acids is 1. The van der Waals surface area contributed by atoms with E-state index in [4.69, 9.17) is 16.3 Å². The minimum atomic E-state index is -0.0220. The molecule has 0 saturated heterocycles. The van der Waals surface area contributed by atoms with Gasteiger partial charge in [0.1, 0.15) is 5.15 Å². The summed E-state index contributed by atoms with van der Waals surface area (Å²) >= 11 is 6.22. The zero-order valence-electron chi connectivity index (χ0n) is 15.9. The molecule has 2 unspecified atom stereocenters. The number of Topliss-reactive ketones (excluding diaryl/α,β-unsaturated/α-hetero) is 1. The van der Waals surface area contributed by atoms with Gasteiger partial charge in [-0.05, 0) is 61.9 Å². The highest BCUT2D eigenvalue weighted by Gasteiger charge is 2.19. The Labute approximate surface area is 155 Å². The highest BCUT2D eigenvalue weighted by atomic mass is 35.5. The second kappa shape index (κ2) is 8.77. The van der Waals surface area contributed by atoms with Gasteiger partial charge in [0.2, 0.25) is 0 Å². The molecular weight excluding hydrogens is 334 g/mol. The number of ether oxygens (including phenoxy) is 1. The van der Waals surface area contributed by atoms with Crippen molar-refractivity contribution < 1.29 is 9.53 Å². The van der Waals surface area contributed by atoms with Crippen molar-refractivity contribution in [2.75, 3.05) is 7.11 Å². The number of hydrogen-bond acceptors (Lipinski definition) is 3. The van der Waals surface area contributed by atoms with E-state index in [1.54, 1.807) is 7.11 Å². The number of methoxy groups -OCH3 is 1. The summed E-state index contributed by atoms with van der Waals surface area (Å²) < 4.78 is 5.42. The van der Waals surface area contributed by atoms with Crippen LogP contribution in [0.25, 0.3) is 10.9 Å². The van der Waals surface area contributed by atoms with Crippen molar-refractivity contribution >= 4 is 28.3 Å². The van der Waals surface area contributed by atoms with Gasteiger partial charge >= 0.3 is 0 Å². The zero-order chi connectivity index (χ0) is 18.6. The Hall–Kier alpha value is -1.45. The van der Waals surface area contributed by atoms with Gasteiger partial charge in [0.25, 0.3) is 0 Å². The van der Waals surface area contributed by atoms with Gasteiger partial charge in [-0.3, -0.25) is 4.79 Å². The van der Waals surface area contributed by atoms with Gasteiger partial charge in [-0.25, -0.2) is 4.98 Å². The molecule has 1 heterocycles. The van der Waals surface area contributed by atoms with Crippen molar-refractivity contribution in [1.82, 2.24) is 4.98 Å². The van der Waals surface area contributed by atoms with Gasteiger partial charge < -0.3 is 4.74 Å². The monoisotopic (exact) mass is 361 g/mol. The maximum Gasteiger partial charge on any atom is 0.165 e. The van der Waals surface area contributed by atoms with Crippen molar-refractivity contribution in [2.45, 2.75) is 59.5 Å². The molecule has 3 nitrogen and oxygen atoms in total. The molecule has 0 spiro atoms. The first kappa shape index (κ1) is 19.9. The lowest BCUT2D eigenvalue weighted by molar-refractivity contribution is 0.0792. The molecule has 25 heavy (non-hydrogen) atoms. The van der Waals surface area contributed by atoms with E-state index in [1.807, 2.05) is 32.0 Å². The smallest absolute Gasteiger partial charge is 0.165 e. The largest absolute Gasteiger partial charge is 0.381 e. The topological polar surface area (TPSA) is 39.2 Å². The first-order valence-electron chi connectivity index (χ1n) is 9.07. The summed E-state index contributed by atoms with van der Waals surface area (Å²) in [5.74, 6) is 0.171. The molecule has 0 aliphatic heterocycles. The number of carbonyl (C=O) groups is 1. The average molecular weight is 362 g/mol. The molecule has 0 aliphatic rings. The average Bonchev–Trinajstić information content (AvgIpc) is 2.60. The molecule has 1 aromatic heterocycles. The van der Waals surface area contributed by atoms with E-state index in [0.29, 0.717) is 5.15 Å². The summed E-state index contributed by atoms with van der Waals surface area (Å²) in [6, 6.07) is 5.98. The maximum absolute atomic E-state index is 12.9. The number of ketones is 1. The third-order valence-electron chi connectivity index (χ3n) is 4.99. The molecular formula is C21H28ClNO2. The number of pyridine rings is 1. The summed E-state index contributed by atoms with van der Waals surface area (Å²) in [7, 11) is 1.73. The van der Waals surface area contributed by atoms with Crippen molar-refractivity contribution in [2.24, 2.45) is 5.92 Å². The normalized spacial score (nSPS) is 13.8. The molecule has 0 fully saturated rings. The van der Waals surface area contributed by atoms with Crippen LogP contribution in [0.2, 0.25) is 5.15 Å². The van der Waals surface area contributed by atoms with Crippen molar-refractivity contribution in [3.05, 3.63) is 40.0 Å². The number of halogens is 1. The predicted octanol–water partition coefficient (Wildman–Crippen LogP) is 5.78. The Balaban J connectivity index is 2.28. The van der Waals surface area contributed by atoms with Crippen LogP contribution < -0.4 is 0 Å². The van der Waals surface area contributed by atoms with Gasteiger partial charge in [0.05, 0.1) is 11.6 Å². The van der Waals surface area contributed by atoms with Crippen molar-refractivity contribution in [3.63, 3.8) is 0 Å². The number of benzene rings is 1. The standard InChI is InChI=1S/C21H28ClNO2/c1-6-15-11-16-12-18(14(4)10-19(16)23-21(15)22)20(24)13(3)8-9-17(7-2)25-5/h10-13,17H,6-9H2,1-5H3. The first-order chi connectivity index (χ1) is 11.9. The van der Waals surface area contributed by atoms with E-state index >= 15 is 0 Å². The lowest BCUT2D eigenvalue weighted by Gasteiger charge is -2.17. The molecule has 136 valence electrons. The quantitative estimate of drug-likeness (QED) is 0.441. The SMILES string of the molecule is CCc1cc2cc(C(=O)C(C)CCC(CC)OC)c(C)cc2nc1Cl. The summed E-state index contributed by atoms with van der Waals surface area (Å²) in [4.78, 5) is 17.4. The van der Waals surface area contributed by atoms with Crippen LogP contribution in [0.4, 0.5) is 0 Å². The van der Waals surface area contributed by atoms with Crippen LogP contribution in [0.3, 0.4) is 0 Å². The Morgan fingerprint density at radius 3 is 2.56 bits per heavy atom. The number of rotatable bonds is 8. The Morgan fingerprint density at radius 2 is 1.96 bits per heavy atom. The highest BCUT2D eigenvalue weighted by molar-refractivity contribution is 6.30. The molecule has 2 atom stereocenters.